The van der Waals surface area contributed by atoms with Crippen LogP contribution in [0.5, 0.6) is 0 Å². The van der Waals surface area contributed by atoms with E-state index in [-0.39, 0.29) is 5.78 Å². The minimum absolute atomic E-state index is 0.105. The SMILES string of the molecule is CCn1c(CC(C)C)nnc1SCC(=O)c1ccc(Br)cc1. The number of carbonyl (C=O) groups excluding carboxylic acids is 1. The summed E-state index contributed by atoms with van der Waals surface area (Å²) in [6, 6.07) is 7.43. The van der Waals surface area contributed by atoms with E-state index in [1.54, 1.807) is 0 Å². The Morgan fingerprint density at radius 1 is 1.27 bits per heavy atom. The molecule has 0 bridgehead atoms. The van der Waals surface area contributed by atoms with Gasteiger partial charge in [-0.2, -0.15) is 0 Å². The number of carbonyl (C=O) groups is 1. The number of hydrogen-bond acceptors (Lipinski definition) is 4. The second kappa shape index (κ2) is 7.92. The highest BCUT2D eigenvalue weighted by atomic mass is 79.9. The fourth-order valence-electron chi connectivity index (χ4n) is 2.11. The molecule has 0 spiro atoms. The van der Waals surface area contributed by atoms with Gasteiger partial charge in [0.2, 0.25) is 0 Å². The quantitative estimate of drug-likeness (QED) is 0.531. The summed E-state index contributed by atoms with van der Waals surface area (Å²) in [6.07, 6.45) is 0.905. The lowest BCUT2D eigenvalue weighted by molar-refractivity contribution is 0.102. The van der Waals surface area contributed by atoms with E-state index in [0.29, 0.717) is 11.7 Å². The number of halogens is 1. The molecule has 0 atom stereocenters. The summed E-state index contributed by atoms with van der Waals surface area (Å²) >= 11 is 4.83. The number of hydrogen-bond donors (Lipinski definition) is 0. The Morgan fingerprint density at radius 2 is 1.95 bits per heavy atom. The molecule has 0 N–H and O–H groups in total. The van der Waals surface area contributed by atoms with E-state index in [9.17, 15) is 4.79 Å². The summed E-state index contributed by atoms with van der Waals surface area (Å²) in [5.74, 6) is 2.02. The van der Waals surface area contributed by atoms with Gasteiger partial charge in [0, 0.05) is 23.0 Å². The number of rotatable bonds is 7. The molecule has 0 aliphatic carbocycles. The van der Waals surface area contributed by atoms with Crippen molar-refractivity contribution in [2.24, 2.45) is 5.92 Å². The van der Waals surface area contributed by atoms with Crippen LogP contribution in [0.2, 0.25) is 0 Å². The molecule has 0 saturated carbocycles. The van der Waals surface area contributed by atoms with Crippen molar-refractivity contribution in [3.8, 4) is 0 Å². The summed E-state index contributed by atoms with van der Waals surface area (Å²) in [4.78, 5) is 12.2. The predicted molar refractivity (Wildman–Crippen MR) is 93.4 cm³/mol. The van der Waals surface area contributed by atoms with Gasteiger partial charge in [-0.15, -0.1) is 10.2 Å². The molecular weight excluding hydrogens is 362 g/mol. The second-order valence-electron chi connectivity index (χ2n) is 5.46. The van der Waals surface area contributed by atoms with Gasteiger partial charge < -0.3 is 4.57 Å². The smallest absolute Gasteiger partial charge is 0.191 e. The van der Waals surface area contributed by atoms with Gasteiger partial charge in [0.15, 0.2) is 10.9 Å². The van der Waals surface area contributed by atoms with E-state index in [4.69, 9.17) is 0 Å². The standard InChI is InChI=1S/C16H20BrN3OS/c1-4-20-15(9-11(2)3)18-19-16(20)22-10-14(21)12-5-7-13(17)8-6-12/h5-8,11H,4,9-10H2,1-3H3. The molecule has 6 heteroatoms. The third kappa shape index (κ3) is 4.43. The van der Waals surface area contributed by atoms with Gasteiger partial charge in [-0.3, -0.25) is 4.79 Å². The first-order valence-electron chi connectivity index (χ1n) is 7.35. The molecule has 4 nitrogen and oxygen atoms in total. The Balaban J connectivity index is 2.03. The molecule has 0 aliphatic heterocycles. The first-order chi connectivity index (χ1) is 10.5. The van der Waals surface area contributed by atoms with Crippen LogP contribution in [0.15, 0.2) is 33.9 Å². The summed E-state index contributed by atoms with van der Waals surface area (Å²) in [5, 5.41) is 9.32. The molecule has 2 aromatic rings. The van der Waals surface area contributed by atoms with Crippen molar-refractivity contribution < 1.29 is 4.79 Å². The lowest BCUT2D eigenvalue weighted by atomic mass is 10.1. The molecule has 22 heavy (non-hydrogen) atoms. The van der Waals surface area contributed by atoms with E-state index in [2.05, 4.69) is 51.5 Å². The fraction of sp³-hybridized carbons (Fsp3) is 0.438. The van der Waals surface area contributed by atoms with Crippen LogP contribution >= 0.6 is 27.7 Å². The molecule has 0 fully saturated rings. The summed E-state index contributed by atoms with van der Waals surface area (Å²) < 4.78 is 3.07. The van der Waals surface area contributed by atoms with Crippen molar-refractivity contribution in [3.05, 3.63) is 40.1 Å². The minimum atomic E-state index is 0.105. The first kappa shape index (κ1) is 17.2. The number of ketones is 1. The predicted octanol–water partition coefficient (Wildman–Crippen LogP) is 4.23. The van der Waals surface area contributed by atoms with E-state index in [1.165, 1.54) is 11.8 Å². The minimum Gasteiger partial charge on any atom is -0.306 e. The number of nitrogens with zero attached hydrogens (tertiary/aromatic N) is 3. The maximum absolute atomic E-state index is 12.2. The number of thioether (sulfide) groups is 1. The zero-order valence-corrected chi connectivity index (χ0v) is 15.4. The number of aromatic nitrogens is 3. The zero-order valence-electron chi connectivity index (χ0n) is 13.0. The highest BCUT2D eigenvalue weighted by molar-refractivity contribution is 9.10. The van der Waals surface area contributed by atoms with E-state index < -0.39 is 0 Å². The van der Waals surface area contributed by atoms with Crippen LogP contribution in [0.4, 0.5) is 0 Å². The van der Waals surface area contributed by atoms with Gasteiger partial charge in [-0.25, -0.2) is 0 Å². The lowest BCUT2D eigenvalue weighted by Crippen LogP contribution is -2.08. The molecule has 0 unspecified atom stereocenters. The highest BCUT2D eigenvalue weighted by Crippen LogP contribution is 2.20. The van der Waals surface area contributed by atoms with Crippen LogP contribution in [0.25, 0.3) is 0 Å². The van der Waals surface area contributed by atoms with Crippen molar-refractivity contribution >= 4 is 33.5 Å². The Hall–Kier alpha value is -1.14. The molecule has 118 valence electrons. The molecule has 0 radical (unpaired) electrons. The molecule has 1 aromatic carbocycles. The lowest BCUT2D eigenvalue weighted by Gasteiger charge is -2.08. The van der Waals surface area contributed by atoms with E-state index in [1.807, 2.05) is 24.3 Å². The average molecular weight is 382 g/mol. The van der Waals surface area contributed by atoms with Gasteiger partial charge in [-0.05, 0) is 25.0 Å². The second-order valence-corrected chi connectivity index (χ2v) is 7.32. The third-order valence-electron chi connectivity index (χ3n) is 3.20. The summed E-state index contributed by atoms with van der Waals surface area (Å²) in [7, 11) is 0. The largest absolute Gasteiger partial charge is 0.306 e. The Kier molecular flexibility index (Phi) is 6.20. The molecule has 0 amide bonds. The van der Waals surface area contributed by atoms with Crippen molar-refractivity contribution in [2.45, 2.75) is 38.9 Å². The van der Waals surface area contributed by atoms with E-state index in [0.717, 1.165) is 34.0 Å². The molecule has 0 saturated heterocycles. The van der Waals surface area contributed by atoms with Gasteiger partial charge in [-0.1, -0.05) is 53.7 Å². The molecule has 2 rings (SSSR count). The Labute approximate surface area is 143 Å². The van der Waals surface area contributed by atoms with Crippen molar-refractivity contribution in [1.82, 2.24) is 14.8 Å². The van der Waals surface area contributed by atoms with Gasteiger partial charge in [0.05, 0.1) is 5.75 Å². The van der Waals surface area contributed by atoms with Crippen LogP contribution in [-0.2, 0) is 13.0 Å². The topological polar surface area (TPSA) is 47.8 Å². The van der Waals surface area contributed by atoms with Crippen LogP contribution < -0.4 is 0 Å². The molecule has 0 aliphatic rings. The zero-order chi connectivity index (χ0) is 16.1. The molecule has 1 heterocycles. The molecular formula is C16H20BrN3OS. The van der Waals surface area contributed by atoms with Crippen molar-refractivity contribution in [1.29, 1.82) is 0 Å². The van der Waals surface area contributed by atoms with Gasteiger partial charge in [0.1, 0.15) is 5.82 Å². The van der Waals surface area contributed by atoms with Gasteiger partial charge in [0.25, 0.3) is 0 Å². The first-order valence-corrected chi connectivity index (χ1v) is 9.12. The maximum atomic E-state index is 12.2. The summed E-state index contributed by atoms with van der Waals surface area (Å²) in [5.41, 5.74) is 0.723. The summed E-state index contributed by atoms with van der Waals surface area (Å²) in [6.45, 7) is 7.23. The van der Waals surface area contributed by atoms with Crippen LogP contribution in [-0.4, -0.2) is 26.3 Å². The maximum Gasteiger partial charge on any atom is 0.191 e. The number of benzene rings is 1. The number of Topliss-reactive ketones (excluding diaryl/α,β-unsaturated/α-hetero) is 1. The Bertz CT molecular complexity index is 637. The van der Waals surface area contributed by atoms with Gasteiger partial charge >= 0.3 is 0 Å². The van der Waals surface area contributed by atoms with Crippen LogP contribution in [0.1, 0.15) is 37.0 Å². The molecule has 1 aromatic heterocycles. The fourth-order valence-corrected chi connectivity index (χ4v) is 3.29. The normalized spacial score (nSPS) is 11.1. The van der Waals surface area contributed by atoms with E-state index >= 15 is 0 Å². The average Bonchev–Trinajstić information content (AvgIpc) is 2.86. The van der Waals surface area contributed by atoms with Crippen molar-refractivity contribution in [2.75, 3.05) is 5.75 Å². The highest BCUT2D eigenvalue weighted by Gasteiger charge is 2.14. The monoisotopic (exact) mass is 381 g/mol. The van der Waals surface area contributed by atoms with Crippen LogP contribution in [0, 0.1) is 5.92 Å². The van der Waals surface area contributed by atoms with Crippen LogP contribution in [0.3, 0.4) is 0 Å². The third-order valence-corrected chi connectivity index (χ3v) is 4.69. The van der Waals surface area contributed by atoms with Crippen molar-refractivity contribution in [3.63, 3.8) is 0 Å². The Morgan fingerprint density at radius 3 is 2.55 bits per heavy atom.